The third-order valence-electron chi connectivity index (χ3n) is 4.31. The van der Waals surface area contributed by atoms with Crippen LogP contribution in [0.25, 0.3) is 10.9 Å². The van der Waals surface area contributed by atoms with E-state index in [0.29, 0.717) is 16.3 Å². The molecule has 0 saturated heterocycles. The van der Waals surface area contributed by atoms with Gasteiger partial charge in [-0.15, -0.1) is 0 Å². The molecule has 2 aromatic heterocycles. The van der Waals surface area contributed by atoms with E-state index in [-0.39, 0.29) is 23.5 Å². The van der Waals surface area contributed by atoms with Gasteiger partial charge in [-0.05, 0) is 32.9 Å². The molecule has 0 aliphatic rings. The van der Waals surface area contributed by atoms with E-state index in [0.717, 1.165) is 10.9 Å². The van der Waals surface area contributed by atoms with Gasteiger partial charge in [0.1, 0.15) is 11.1 Å². The van der Waals surface area contributed by atoms with Crippen molar-refractivity contribution in [1.29, 1.82) is 5.26 Å². The van der Waals surface area contributed by atoms with Gasteiger partial charge in [-0.3, -0.25) is 4.79 Å². The summed E-state index contributed by atoms with van der Waals surface area (Å²) in [4.78, 5) is 32.5. The van der Waals surface area contributed by atoms with E-state index in [1.165, 1.54) is 17.8 Å². The fourth-order valence-electron chi connectivity index (χ4n) is 2.88. The molecule has 0 saturated carbocycles. The lowest BCUT2D eigenvalue weighted by molar-refractivity contribution is 0.0524. The molecule has 1 N–H and O–H groups in total. The van der Waals surface area contributed by atoms with Crippen LogP contribution in [0.4, 0.5) is 0 Å². The molecule has 3 rings (SSSR count). The molecule has 0 aliphatic heterocycles. The Kier molecular flexibility index (Phi) is 5.81. The van der Waals surface area contributed by atoms with Crippen molar-refractivity contribution in [3.8, 4) is 6.07 Å². The number of ketones is 1. The Balaban J connectivity index is 1.88. The van der Waals surface area contributed by atoms with Crippen molar-refractivity contribution >= 4 is 34.4 Å². The fraction of sp³-hybridized carbons (Fsp3) is 0.238. The molecule has 0 amide bonds. The number of benzene rings is 1. The number of hydrogen-bond donors (Lipinski definition) is 1. The van der Waals surface area contributed by atoms with Crippen molar-refractivity contribution in [1.82, 2.24) is 9.97 Å². The lowest BCUT2D eigenvalue weighted by Gasteiger charge is -2.12. The van der Waals surface area contributed by atoms with E-state index in [9.17, 15) is 14.9 Å². The lowest BCUT2D eigenvalue weighted by atomic mass is 10.1. The number of aromatic amines is 1. The summed E-state index contributed by atoms with van der Waals surface area (Å²) in [5, 5.41) is 10.3. The average molecular weight is 393 g/mol. The number of aromatic nitrogens is 2. The zero-order chi connectivity index (χ0) is 20.3. The highest BCUT2D eigenvalue weighted by molar-refractivity contribution is 8.00. The number of pyridine rings is 1. The van der Waals surface area contributed by atoms with Crippen molar-refractivity contribution in [3.63, 3.8) is 0 Å². The molecule has 7 heteroatoms. The van der Waals surface area contributed by atoms with Gasteiger partial charge in [-0.2, -0.15) is 5.26 Å². The van der Waals surface area contributed by atoms with E-state index >= 15 is 0 Å². The third kappa shape index (κ3) is 3.78. The predicted octanol–water partition coefficient (Wildman–Crippen LogP) is 4.28. The van der Waals surface area contributed by atoms with Crippen molar-refractivity contribution in [3.05, 3.63) is 58.9 Å². The second-order valence-electron chi connectivity index (χ2n) is 6.18. The molecule has 0 fully saturated rings. The minimum Gasteiger partial charge on any atom is -0.462 e. The van der Waals surface area contributed by atoms with Crippen LogP contribution in [0.5, 0.6) is 0 Å². The number of fused-ring (bicyclic) bond motifs is 1. The van der Waals surface area contributed by atoms with Gasteiger partial charge in [0.15, 0.2) is 5.78 Å². The standard InChI is InChI=1S/C21H19N3O3S/c1-4-27-21(26)16-9-14(10-22)20(24-12(16)2)28-13(3)19(25)17-11-23-18-8-6-5-7-15(17)18/h5-9,11,13,23H,4H2,1-3H3. The molecule has 3 aromatic rings. The van der Waals surface area contributed by atoms with Gasteiger partial charge in [0.2, 0.25) is 0 Å². The molecular formula is C21H19N3O3S. The van der Waals surface area contributed by atoms with Gasteiger partial charge in [0, 0.05) is 22.7 Å². The molecule has 0 radical (unpaired) electrons. The van der Waals surface area contributed by atoms with E-state index in [4.69, 9.17) is 4.74 Å². The molecule has 1 aromatic carbocycles. The molecule has 6 nitrogen and oxygen atoms in total. The number of nitrogens with one attached hydrogen (secondary N) is 1. The summed E-state index contributed by atoms with van der Waals surface area (Å²) < 4.78 is 5.00. The normalized spacial score (nSPS) is 11.8. The smallest absolute Gasteiger partial charge is 0.340 e. The minimum atomic E-state index is -0.511. The number of aryl methyl sites for hydroxylation is 1. The summed E-state index contributed by atoms with van der Waals surface area (Å²) in [7, 11) is 0. The number of esters is 1. The Morgan fingerprint density at radius 2 is 2.07 bits per heavy atom. The Morgan fingerprint density at radius 3 is 2.79 bits per heavy atom. The molecule has 142 valence electrons. The maximum atomic E-state index is 12.9. The number of ether oxygens (including phenoxy) is 1. The SMILES string of the molecule is CCOC(=O)c1cc(C#N)c(SC(C)C(=O)c2c[nH]c3ccccc23)nc1C. The first-order chi connectivity index (χ1) is 13.5. The van der Waals surface area contributed by atoms with Crippen molar-refractivity contribution < 1.29 is 14.3 Å². The number of H-pyrrole nitrogens is 1. The molecular weight excluding hydrogens is 374 g/mol. The molecule has 1 unspecified atom stereocenters. The van der Waals surface area contributed by atoms with E-state index in [1.54, 1.807) is 27.0 Å². The maximum Gasteiger partial charge on any atom is 0.340 e. The van der Waals surface area contributed by atoms with Crippen LogP contribution in [0.1, 0.15) is 45.8 Å². The quantitative estimate of drug-likeness (QED) is 0.381. The highest BCUT2D eigenvalue weighted by Gasteiger charge is 2.23. The topological polar surface area (TPSA) is 95.8 Å². The second-order valence-corrected chi connectivity index (χ2v) is 7.51. The maximum absolute atomic E-state index is 12.9. The van der Waals surface area contributed by atoms with Gasteiger partial charge in [-0.25, -0.2) is 9.78 Å². The van der Waals surface area contributed by atoms with Crippen molar-refractivity contribution in [2.45, 2.75) is 31.0 Å². The van der Waals surface area contributed by atoms with Crippen LogP contribution < -0.4 is 0 Å². The third-order valence-corrected chi connectivity index (χ3v) is 5.41. The van der Waals surface area contributed by atoms with Gasteiger partial charge in [0.25, 0.3) is 0 Å². The van der Waals surface area contributed by atoms with E-state index < -0.39 is 11.2 Å². The number of carbonyl (C=O) groups is 2. The zero-order valence-electron chi connectivity index (χ0n) is 15.8. The monoisotopic (exact) mass is 393 g/mol. The number of hydrogen-bond acceptors (Lipinski definition) is 6. The molecule has 0 spiro atoms. The van der Waals surface area contributed by atoms with Gasteiger partial charge in [0.05, 0.1) is 28.7 Å². The Morgan fingerprint density at radius 1 is 1.32 bits per heavy atom. The summed E-state index contributed by atoms with van der Waals surface area (Å²) in [6, 6.07) is 11.1. The minimum absolute atomic E-state index is 0.0553. The van der Waals surface area contributed by atoms with Crippen LogP contribution in [-0.4, -0.2) is 33.6 Å². The molecule has 0 aliphatic carbocycles. The Hall–Kier alpha value is -3.11. The average Bonchev–Trinajstić information content (AvgIpc) is 3.11. The van der Waals surface area contributed by atoms with Gasteiger partial charge < -0.3 is 9.72 Å². The number of thioether (sulfide) groups is 1. The van der Waals surface area contributed by atoms with Crippen LogP contribution in [0.15, 0.2) is 41.6 Å². The van der Waals surface area contributed by atoms with E-state index in [2.05, 4.69) is 16.0 Å². The van der Waals surface area contributed by atoms with Crippen LogP contribution in [0.3, 0.4) is 0 Å². The predicted molar refractivity (Wildman–Crippen MR) is 108 cm³/mol. The number of rotatable bonds is 6. The van der Waals surface area contributed by atoms with Crippen molar-refractivity contribution in [2.75, 3.05) is 6.61 Å². The largest absolute Gasteiger partial charge is 0.462 e. The lowest BCUT2D eigenvalue weighted by Crippen LogP contribution is -2.15. The second kappa shape index (κ2) is 8.28. The van der Waals surface area contributed by atoms with Crippen LogP contribution in [0, 0.1) is 18.3 Å². The summed E-state index contributed by atoms with van der Waals surface area (Å²) in [6.45, 7) is 5.43. The first kappa shape index (κ1) is 19.6. The number of carbonyl (C=O) groups excluding carboxylic acids is 2. The fourth-order valence-corrected chi connectivity index (χ4v) is 3.87. The molecule has 0 bridgehead atoms. The summed E-state index contributed by atoms with van der Waals surface area (Å²) in [5.41, 5.74) is 2.48. The molecule has 1 atom stereocenters. The Labute approximate surface area is 166 Å². The van der Waals surface area contributed by atoms with Crippen LogP contribution in [-0.2, 0) is 4.74 Å². The van der Waals surface area contributed by atoms with Gasteiger partial charge >= 0.3 is 5.97 Å². The van der Waals surface area contributed by atoms with Crippen LogP contribution in [0.2, 0.25) is 0 Å². The number of Topliss-reactive ketones (excluding diaryl/α,β-unsaturated/α-hetero) is 1. The number of para-hydroxylation sites is 1. The number of nitriles is 1. The van der Waals surface area contributed by atoms with Crippen LogP contribution >= 0.6 is 11.8 Å². The summed E-state index contributed by atoms with van der Waals surface area (Å²) in [6.07, 6.45) is 1.71. The highest BCUT2D eigenvalue weighted by Crippen LogP contribution is 2.30. The summed E-state index contributed by atoms with van der Waals surface area (Å²) in [5.74, 6) is -0.566. The molecule has 2 heterocycles. The van der Waals surface area contributed by atoms with E-state index in [1.807, 2.05) is 24.3 Å². The number of nitrogens with zero attached hydrogens (tertiary/aromatic N) is 2. The zero-order valence-corrected chi connectivity index (χ0v) is 16.6. The highest BCUT2D eigenvalue weighted by atomic mass is 32.2. The molecule has 28 heavy (non-hydrogen) atoms. The van der Waals surface area contributed by atoms with Crippen molar-refractivity contribution in [2.24, 2.45) is 0 Å². The first-order valence-corrected chi connectivity index (χ1v) is 9.70. The Bertz CT molecular complexity index is 1100. The summed E-state index contributed by atoms with van der Waals surface area (Å²) >= 11 is 1.21. The first-order valence-electron chi connectivity index (χ1n) is 8.82. The van der Waals surface area contributed by atoms with Gasteiger partial charge in [-0.1, -0.05) is 30.0 Å².